The molecule has 8 heteroatoms. The SMILES string of the molecule is CS(=O)(=O)c1cccc(NC(=O)CO/N=C\c2ccc(Br)cc2)c1. The lowest BCUT2D eigenvalue weighted by Gasteiger charge is -2.06. The topological polar surface area (TPSA) is 84.8 Å². The smallest absolute Gasteiger partial charge is 0.265 e. The fourth-order valence-corrected chi connectivity index (χ4v) is 2.68. The van der Waals surface area contributed by atoms with Crippen LogP contribution in [-0.4, -0.2) is 33.4 Å². The third kappa shape index (κ3) is 5.78. The summed E-state index contributed by atoms with van der Waals surface area (Å²) in [5.41, 5.74) is 1.21. The molecule has 0 atom stereocenters. The number of hydrogen-bond acceptors (Lipinski definition) is 5. The zero-order valence-electron chi connectivity index (χ0n) is 12.8. The van der Waals surface area contributed by atoms with Crippen LogP contribution in [0.5, 0.6) is 0 Å². The first-order valence-corrected chi connectivity index (χ1v) is 9.54. The maximum atomic E-state index is 11.8. The molecule has 6 nitrogen and oxygen atoms in total. The van der Waals surface area contributed by atoms with Gasteiger partial charge < -0.3 is 10.2 Å². The van der Waals surface area contributed by atoms with Crippen molar-refractivity contribution in [3.63, 3.8) is 0 Å². The van der Waals surface area contributed by atoms with Crippen molar-refractivity contribution in [2.24, 2.45) is 5.16 Å². The van der Waals surface area contributed by atoms with E-state index < -0.39 is 15.7 Å². The molecule has 1 N–H and O–H groups in total. The summed E-state index contributed by atoms with van der Waals surface area (Å²) in [5.74, 6) is -0.436. The van der Waals surface area contributed by atoms with Gasteiger partial charge in [0.2, 0.25) is 0 Å². The highest BCUT2D eigenvalue weighted by molar-refractivity contribution is 9.10. The van der Waals surface area contributed by atoms with Gasteiger partial charge in [0.25, 0.3) is 5.91 Å². The van der Waals surface area contributed by atoms with Crippen molar-refractivity contribution in [3.05, 3.63) is 58.6 Å². The number of carbonyl (C=O) groups excluding carboxylic acids is 1. The number of oxime groups is 1. The largest absolute Gasteiger partial charge is 0.386 e. The third-order valence-electron chi connectivity index (χ3n) is 2.89. The molecule has 2 aromatic carbocycles. The van der Waals surface area contributed by atoms with Gasteiger partial charge in [-0.3, -0.25) is 4.79 Å². The van der Waals surface area contributed by atoms with E-state index in [0.717, 1.165) is 16.3 Å². The number of rotatable bonds is 6. The number of amides is 1. The van der Waals surface area contributed by atoms with Crippen molar-refractivity contribution in [1.82, 2.24) is 0 Å². The van der Waals surface area contributed by atoms with Gasteiger partial charge in [0.15, 0.2) is 16.4 Å². The summed E-state index contributed by atoms with van der Waals surface area (Å²) in [5, 5.41) is 6.26. The van der Waals surface area contributed by atoms with Crippen molar-refractivity contribution < 1.29 is 18.0 Å². The lowest BCUT2D eigenvalue weighted by Crippen LogP contribution is -2.17. The Morgan fingerprint density at radius 1 is 1.25 bits per heavy atom. The molecule has 1 amide bonds. The van der Waals surface area contributed by atoms with Gasteiger partial charge in [0.05, 0.1) is 11.1 Å². The molecule has 0 saturated carbocycles. The number of anilines is 1. The normalized spacial score (nSPS) is 11.4. The molecule has 24 heavy (non-hydrogen) atoms. The zero-order chi connectivity index (χ0) is 17.6. The molecule has 0 heterocycles. The van der Waals surface area contributed by atoms with Crippen LogP contribution in [0.4, 0.5) is 5.69 Å². The van der Waals surface area contributed by atoms with E-state index in [1.54, 1.807) is 12.1 Å². The molecule has 0 spiro atoms. The van der Waals surface area contributed by atoms with Crippen LogP contribution in [0.3, 0.4) is 0 Å². The molecular formula is C16H15BrN2O4S. The molecule has 0 aliphatic carbocycles. The molecule has 0 radical (unpaired) electrons. The second-order valence-corrected chi connectivity index (χ2v) is 7.84. The van der Waals surface area contributed by atoms with Crippen LogP contribution in [-0.2, 0) is 19.5 Å². The Hall–Kier alpha value is -2.19. The molecule has 0 saturated heterocycles. The molecule has 0 unspecified atom stereocenters. The number of hydrogen-bond donors (Lipinski definition) is 1. The van der Waals surface area contributed by atoms with Crippen LogP contribution in [0.25, 0.3) is 0 Å². The highest BCUT2D eigenvalue weighted by Crippen LogP contribution is 2.15. The first-order valence-electron chi connectivity index (χ1n) is 6.85. The fourth-order valence-electron chi connectivity index (χ4n) is 1.74. The Labute approximate surface area is 148 Å². The van der Waals surface area contributed by atoms with E-state index >= 15 is 0 Å². The highest BCUT2D eigenvalue weighted by atomic mass is 79.9. The van der Waals surface area contributed by atoms with Gasteiger partial charge >= 0.3 is 0 Å². The van der Waals surface area contributed by atoms with Crippen LogP contribution in [0.1, 0.15) is 5.56 Å². The van der Waals surface area contributed by atoms with Gasteiger partial charge in [-0.25, -0.2) is 8.42 Å². The molecule has 0 fully saturated rings. The Kier molecular flexibility index (Phi) is 6.10. The molecule has 126 valence electrons. The van der Waals surface area contributed by atoms with Gasteiger partial charge in [-0.2, -0.15) is 0 Å². The lowest BCUT2D eigenvalue weighted by atomic mass is 10.2. The zero-order valence-corrected chi connectivity index (χ0v) is 15.2. The molecule has 0 aliphatic heterocycles. The maximum absolute atomic E-state index is 11.8. The van der Waals surface area contributed by atoms with Crippen LogP contribution in [0, 0.1) is 0 Å². The van der Waals surface area contributed by atoms with Crippen molar-refractivity contribution in [3.8, 4) is 0 Å². The van der Waals surface area contributed by atoms with E-state index in [9.17, 15) is 13.2 Å². The summed E-state index contributed by atoms with van der Waals surface area (Å²) < 4.78 is 23.9. The minimum atomic E-state index is -3.33. The van der Waals surface area contributed by atoms with Gasteiger partial charge in [-0.15, -0.1) is 0 Å². The number of benzene rings is 2. The number of nitrogens with one attached hydrogen (secondary N) is 1. The fraction of sp³-hybridized carbons (Fsp3) is 0.125. The van der Waals surface area contributed by atoms with Gasteiger partial charge in [0.1, 0.15) is 0 Å². The Morgan fingerprint density at radius 2 is 1.96 bits per heavy atom. The lowest BCUT2D eigenvalue weighted by molar-refractivity contribution is -0.120. The third-order valence-corrected chi connectivity index (χ3v) is 4.53. The number of halogens is 1. The Bertz CT molecular complexity index is 849. The van der Waals surface area contributed by atoms with E-state index in [0.29, 0.717) is 5.69 Å². The van der Waals surface area contributed by atoms with Crippen molar-refractivity contribution >= 4 is 43.6 Å². The van der Waals surface area contributed by atoms with Gasteiger partial charge in [-0.1, -0.05) is 39.3 Å². The quantitative estimate of drug-likeness (QED) is 0.585. The molecule has 2 rings (SSSR count). The first-order chi connectivity index (χ1) is 11.3. The summed E-state index contributed by atoms with van der Waals surface area (Å²) in [6.45, 7) is -0.282. The van der Waals surface area contributed by atoms with Crippen LogP contribution in [0.2, 0.25) is 0 Å². The van der Waals surface area contributed by atoms with E-state index in [4.69, 9.17) is 4.84 Å². The minimum Gasteiger partial charge on any atom is -0.386 e. The molecule has 0 aromatic heterocycles. The average Bonchev–Trinajstić information content (AvgIpc) is 2.53. The molecule has 0 bridgehead atoms. The predicted octanol–water partition coefficient (Wildman–Crippen LogP) is 2.84. The van der Waals surface area contributed by atoms with Crippen molar-refractivity contribution in [2.75, 3.05) is 18.2 Å². The minimum absolute atomic E-state index is 0.134. The summed E-state index contributed by atoms with van der Waals surface area (Å²) in [6, 6.07) is 13.4. The van der Waals surface area contributed by atoms with Crippen LogP contribution < -0.4 is 5.32 Å². The maximum Gasteiger partial charge on any atom is 0.265 e. The second kappa shape index (κ2) is 8.07. The van der Waals surface area contributed by atoms with Crippen LogP contribution >= 0.6 is 15.9 Å². The average molecular weight is 411 g/mol. The highest BCUT2D eigenvalue weighted by Gasteiger charge is 2.09. The van der Waals surface area contributed by atoms with Gasteiger partial charge in [0, 0.05) is 16.4 Å². The van der Waals surface area contributed by atoms with Crippen molar-refractivity contribution in [2.45, 2.75) is 4.90 Å². The summed E-state index contributed by atoms with van der Waals surface area (Å²) >= 11 is 3.33. The summed E-state index contributed by atoms with van der Waals surface area (Å²) in [6.07, 6.45) is 2.60. The standard InChI is InChI=1S/C16H15BrN2O4S/c1-24(21,22)15-4-2-3-14(9-15)19-16(20)11-23-18-10-12-5-7-13(17)8-6-12/h2-10H,11H2,1H3,(H,19,20)/b18-10-. The van der Waals surface area contributed by atoms with E-state index in [2.05, 4.69) is 26.4 Å². The summed E-state index contributed by atoms with van der Waals surface area (Å²) in [7, 11) is -3.33. The number of nitrogens with zero attached hydrogens (tertiary/aromatic N) is 1. The van der Waals surface area contributed by atoms with Crippen molar-refractivity contribution in [1.29, 1.82) is 0 Å². The Balaban J connectivity index is 1.86. The first kappa shape index (κ1) is 18.2. The van der Waals surface area contributed by atoms with E-state index in [1.807, 2.05) is 24.3 Å². The van der Waals surface area contributed by atoms with Crippen LogP contribution in [0.15, 0.2) is 63.1 Å². The molecular weight excluding hydrogens is 396 g/mol. The second-order valence-electron chi connectivity index (χ2n) is 4.91. The van der Waals surface area contributed by atoms with Gasteiger partial charge in [-0.05, 0) is 35.9 Å². The molecule has 2 aromatic rings. The van der Waals surface area contributed by atoms with E-state index in [1.165, 1.54) is 18.3 Å². The number of sulfone groups is 1. The monoisotopic (exact) mass is 410 g/mol. The summed E-state index contributed by atoms with van der Waals surface area (Å²) in [4.78, 5) is 16.8. The number of carbonyl (C=O) groups is 1. The Morgan fingerprint density at radius 3 is 2.62 bits per heavy atom. The molecule has 0 aliphatic rings. The predicted molar refractivity (Wildman–Crippen MR) is 95.9 cm³/mol. The van der Waals surface area contributed by atoms with E-state index in [-0.39, 0.29) is 11.5 Å².